The monoisotopic (exact) mass is 708 g/mol. The third-order valence-electron chi connectivity index (χ3n) is 11.1. The van der Waals surface area contributed by atoms with Gasteiger partial charge in [0.25, 0.3) is 0 Å². The van der Waals surface area contributed by atoms with E-state index in [2.05, 4.69) is 169 Å². The predicted octanol–water partition coefficient (Wildman–Crippen LogP) is 15.6. The largest absolute Gasteiger partial charge is 0.456 e. The van der Waals surface area contributed by atoms with E-state index in [1.165, 1.54) is 101 Å². The van der Waals surface area contributed by atoms with Gasteiger partial charge < -0.3 is 4.42 Å². The number of para-hydroxylation sites is 1. The number of benzene rings is 9. The lowest BCUT2D eigenvalue weighted by Gasteiger charge is -2.19. The van der Waals surface area contributed by atoms with Crippen molar-refractivity contribution in [1.29, 1.82) is 0 Å². The maximum absolute atomic E-state index is 6.57. The molecule has 246 valence electrons. The maximum atomic E-state index is 6.57. The van der Waals surface area contributed by atoms with Gasteiger partial charge in [-0.25, -0.2) is 0 Å². The maximum Gasteiger partial charge on any atom is 0.136 e. The molecule has 3 aromatic heterocycles. The summed E-state index contributed by atoms with van der Waals surface area (Å²) in [5, 5.41) is 16.1. The second-order valence-electron chi connectivity index (χ2n) is 13.9. The van der Waals surface area contributed by atoms with E-state index in [1.54, 1.807) is 0 Å². The van der Waals surface area contributed by atoms with Gasteiger partial charge in [-0.2, -0.15) is 0 Å². The topological polar surface area (TPSA) is 13.1 Å². The number of hydrogen-bond acceptors (Lipinski definition) is 3. The van der Waals surface area contributed by atoms with E-state index in [4.69, 9.17) is 4.42 Å². The number of rotatable bonds is 3. The first kappa shape index (κ1) is 29.3. The highest BCUT2D eigenvalue weighted by Gasteiger charge is 2.22. The minimum Gasteiger partial charge on any atom is -0.456 e. The van der Waals surface area contributed by atoms with Crippen LogP contribution >= 0.6 is 22.7 Å². The van der Waals surface area contributed by atoms with Crippen molar-refractivity contribution in [2.75, 3.05) is 0 Å². The third-order valence-corrected chi connectivity index (χ3v) is 13.3. The fourth-order valence-electron chi connectivity index (χ4n) is 8.88. The van der Waals surface area contributed by atoms with Gasteiger partial charge in [-0.3, -0.25) is 0 Å². The Morgan fingerprint density at radius 2 is 0.981 bits per heavy atom. The standard InChI is InChI=1S/C50H28OS2/c1-2-12-29(13-3-1)41-28-52-50-37(41)23-25-45-49(50)40-26-30(22-24-44(40)53-45)46-33-16-6-8-18-35(33)47(36-19-9-7-17-34(36)46)39-27-43-48(32-15-5-4-14-31(32)39)38-20-10-11-21-42(38)51-43/h1-28H. The van der Waals surface area contributed by atoms with Gasteiger partial charge in [0.15, 0.2) is 0 Å². The molecule has 0 N–H and O–H groups in total. The van der Waals surface area contributed by atoms with Gasteiger partial charge in [0.1, 0.15) is 11.2 Å². The lowest BCUT2D eigenvalue weighted by molar-refractivity contribution is 0.669. The molecule has 12 rings (SSSR count). The molecule has 0 saturated heterocycles. The molecule has 0 saturated carbocycles. The molecule has 0 fully saturated rings. The normalized spacial score (nSPS) is 12.2. The van der Waals surface area contributed by atoms with Crippen LogP contribution in [0, 0.1) is 0 Å². The van der Waals surface area contributed by atoms with Crippen LogP contribution in [0.2, 0.25) is 0 Å². The van der Waals surface area contributed by atoms with Crippen LogP contribution in [0.1, 0.15) is 0 Å². The summed E-state index contributed by atoms with van der Waals surface area (Å²) in [6, 6.07) is 60.0. The highest BCUT2D eigenvalue weighted by molar-refractivity contribution is 7.27. The zero-order valence-electron chi connectivity index (χ0n) is 28.4. The Balaban J connectivity index is 1.15. The molecule has 0 atom stereocenters. The molecule has 3 heterocycles. The van der Waals surface area contributed by atoms with Gasteiger partial charge in [-0.15, -0.1) is 22.7 Å². The smallest absolute Gasteiger partial charge is 0.136 e. The van der Waals surface area contributed by atoms with Gasteiger partial charge in [0.2, 0.25) is 0 Å². The van der Waals surface area contributed by atoms with Crippen LogP contribution in [0.25, 0.3) is 118 Å². The van der Waals surface area contributed by atoms with Gasteiger partial charge in [-0.1, -0.05) is 133 Å². The van der Waals surface area contributed by atoms with Gasteiger partial charge in [0.05, 0.1) is 0 Å². The zero-order valence-corrected chi connectivity index (χ0v) is 30.0. The molecule has 0 aliphatic carbocycles. The lowest BCUT2D eigenvalue weighted by atomic mass is 9.84. The Kier molecular flexibility index (Phi) is 6.15. The summed E-state index contributed by atoms with van der Waals surface area (Å²) in [5.74, 6) is 0. The van der Waals surface area contributed by atoms with Gasteiger partial charge in [0, 0.05) is 46.6 Å². The summed E-state index contributed by atoms with van der Waals surface area (Å²) in [5.41, 5.74) is 9.37. The van der Waals surface area contributed by atoms with E-state index in [9.17, 15) is 0 Å². The molecule has 3 heteroatoms. The highest BCUT2D eigenvalue weighted by Crippen LogP contribution is 2.50. The number of hydrogen-bond donors (Lipinski definition) is 0. The third kappa shape index (κ3) is 4.18. The molecular weight excluding hydrogens is 681 g/mol. The van der Waals surface area contributed by atoms with Crippen LogP contribution in [0.15, 0.2) is 174 Å². The second-order valence-corrected chi connectivity index (χ2v) is 15.9. The molecule has 0 spiro atoms. The first-order valence-corrected chi connectivity index (χ1v) is 19.7. The van der Waals surface area contributed by atoms with Crippen molar-refractivity contribution in [3.63, 3.8) is 0 Å². The van der Waals surface area contributed by atoms with E-state index < -0.39 is 0 Å². The fourth-order valence-corrected chi connectivity index (χ4v) is 11.2. The second kappa shape index (κ2) is 11.1. The van der Waals surface area contributed by atoms with Gasteiger partial charge >= 0.3 is 0 Å². The average molecular weight is 709 g/mol. The molecule has 12 aromatic rings. The van der Waals surface area contributed by atoms with E-state index >= 15 is 0 Å². The molecular formula is C50H28OS2. The van der Waals surface area contributed by atoms with Crippen molar-refractivity contribution in [2.24, 2.45) is 0 Å². The Bertz CT molecular complexity index is 3390. The Labute approximate surface area is 312 Å². The Hall–Kier alpha value is -6.26. The molecule has 1 nitrogen and oxygen atoms in total. The van der Waals surface area contributed by atoms with Crippen LogP contribution in [0.4, 0.5) is 0 Å². The summed E-state index contributed by atoms with van der Waals surface area (Å²) in [6.07, 6.45) is 0. The molecule has 0 aliphatic rings. The van der Waals surface area contributed by atoms with Crippen molar-refractivity contribution in [3.8, 4) is 33.4 Å². The summed E-state index contributed by atoms with van der Waals surface area (Å²) >= 11 is 3.76. The molecule has 9 aromatic carbocycles. The molecule has 0 unspecified atom stereocenters. The fraction of sp³-hybridized carbons (Fsp3) is 0. The SMILES string of the molecule is c1ccc(-c2csc3c2ccc2sc4ccc(-c5c6ccccc6c(-c6cc7oc8ccccc8c7c7ccccc67)c6ccccc56)cc4c23)cc1. The van der Waals surface area contributed by atoms with Crippen molar-refractivity contribution < 1.29 is 4.42 Å². The van der Waals surface area contributed by atoms with Crippen LogP contribution in [0.5, 0.6) is 0 Å². The average Bonchev–Trinajstić information content (AvgIpc) is 3.93. The number of furan rings is 1. The molecule has 0 aliphatic heterocycles. The summed E-state index contributed by atoms with van der Waals surface area (Å²) < 4.78 is 10.6. The summed E-state index contributed by atoms with van der Waals surface area (Å²) in [4.78, 5) is 0. The summed E-state index contributed by atoms with van der Waals surface area (Å²) in [6.45, 7) is 0. The molecule has 53 heavy (non-hydrogen) atoms. The minimum absolute atomic E-state index is 0.919. The number of fused-ring (bicyclic) bond motifs is 12. The zero-order chi connectivity index (χ0) is 34.6. The van der Waals surface area contributed by atoms with Crippen LogP contribution < -0.4 is 0 Å². The first-order valence-electron chi connectivity index (χ1n) is 18.0. The minimum atomic E-state index is 0.919. The van der Waals surface area contributed by atoms with Crippen molar-refractivity contribution >= 4 is 107 Å². The molecule has 0 amide bonds. The Morgan fingerprint density at radius 1 is 0.358 bits per heavy atom. The summed E-state index contributed by atoms with van der Waals surface area (Å²) in [7, 11) is 0. The van der Waals surface area contributed by atoms with Gasteiger partial charge in [-0.05, 0) is 95.8 Å². The number of thiophene rings is 2. The van der Waals surface area contributed by atoms with E-state index in [0.717, 1.165) is 16.6 Å². The van der Waals surface area contributed by atoms with Crippen LogP contribution in [-0.2, 0) is 0 Å². The van der Waals surface area contributed by atoms with Crippen LogP contribution in [-0.4, -0.2) is 0 Å². The van der Waals surface area contributed by atoms with Crippen molar-refractivity contribution in [3.05, 3.63) is 169 Å². The van der Waals surface area contributed by atoms with E-state index in [-0.39, 0.29) is 0 Å². The van der Waals surface area contributed by atoms with Crippen LogP contribution in [0.3, 0.4) is 0 Å². The molecule has 0 radical (unpaired) electrons. The van der Waals surface area contributed by atoms with E-state index in [0.29, 0.717) is 0 Å². The molecule has 0 bridgehead atoms. The quantitative estimate of drug-likeness (QED) is 0.167. The highest BCUT2D eigenvalue weighted by atomic mass is 32.1. The lowest BCUT2D eigenvalue weighted by Crippen LogP contribution is -1.92. The van der Waals surface area contributed by atoms with Crippen molar-refractivity contribution in [1.82, 2.24) is 0 Å². The predicted molar refractivity (Wildman–Crippen MR) is 231 cm³/mol. The van der Waals surface area contributed by atoms with Crippen molar-refractivity contribution in [2.45, 2.75) is 0 Å². The first-order chi connectivity index (χ1) is 26.3. The van der Waals surface area contributed by atoms with E-state index in [1.807, 2.05) is 22.7 Å². The Morgan fingerprint density at radius 3 is 1.74 bits per heavy atom.